The molecule has 3 aromatic rings. The molecule has 0 unspecified atom stereocenters. The van der Waals surface area contributed by atoms with Crippen molar-refractivity contribution in [1.29, 1.82) is 0 Å². The van der Waals surface area contributed by atoms with Gasteiger partial charge in [-0.3, -0.25) is 9.59 Å². The Kier molecular flexibility index (Phi) is 6.79. The minimum Gasteiger partial charge on any atom is -0.291 e. The molecule has 6 heteroatoms. The van der Waals surface area contributed by atoms with Gasteiger partial charge >= 0.3 is 0 Å². The molecule has 0 fully saturated rings. The Bertz CT molecular complexity index is 1010. The molecule has 0 aromatic heterocycles. The van der Waals surface area contributed by atoms with E-state index in [-0.39, 0.29) is 11.1 Å². The lowest BCUT2D eigenvalue weighted by Crippen LogP contribution is -2.18. The summed E-state index contributed by atoms with van der Waals surface area (Å²) >= 11 is 23.2. The summed E-state index contributed by atoms with van der Waals surface area (Å²) in [6, 6.07) is 22.3. The number of Topliss-reactive ketones (excluding diaryl/α,β-unsaturated/α-hetero) is 2. The van der Waals surface area contributed by atoms with E-state index in [2.05, 4.69) is 0 Å². The average molecular weight is 452 g/mol. The Morgan fingerprint density at radius 3 is 1.82 bits per heavy atom. The Morgan fingerprint density at radius 1 is 0.607 bits per heavy atom. The topological polar surface area (TPSA) is 34.1 Å². The molecule has 142 valence electrons. The largest absolute Gasteiger partial charge is 0.291 e. The van der Waals surface area contributed by atoms with E-state index in [4.69, 9.17) is 46.4 Å². The zero-order valence-electron chi connectivity index (χ0n) is 14.4. The van der Waals surface area contributed by atoms with Crippen molar-refractivity contribution in [3.05, 3.63) is 83.9 Å². The van der Waals surface area contributed by atoms with Crippen LogP contribution in [0, 0.1) is 0 Å². The molecule has 0 heterocycles. The van der Waals surface area contributed by atoms with Crippen LogP contribution in [0.1, 0.15) is 20.7 Å². The minimum atomic E-state index is -1.32. The van der Waals surface area contributed by atoms with Crippen molar-refractivity contribution >= 4 is 58.0 Å². The lowest BCUT2D eigenvalue weighted by molar-refractivity contribution is 0.0975. The van der Waals surface area contributed by atoms with E-state index in [1.165, 1.54) is 6.07 Å². The smallest absolute Gasteiger partial charge is 0.197 e. The van der Waals surface area contributed by atoms with Crippen LogP contribution in [0.15, 0.2) is 72.8 Å². The first kappa shape index (κ1) is 20.9. The van der Waals surface area contributed by atoms with Crippen molar-refractivity contribution in [2.45, 2.75) is 9.67 Å². The quantitative estimate of drug-likeness (QED) is 0.298. The van der Waals surface area contributed by atoms with Gasteiger partial charge in [0.15, 0.2) is 21.2 Å². The maximum Gasteiger partial charge on any atom is 0.197 e. The molecular formula is C22H14Cl4O2. The van der Waals surface area contributed by atoms with E-state index in [0.29, 0.717) is 5.56 Å². The van der Waals surface area contributed by atoms with Gasteiger partial charge in [0.25, 0.3) is 0 Å². The fourth-order valence-electron chi connectivity index (χ4n) is 2.99. The van der Waals surface area contributed by atoms with E-state index >= 15 is 0 Å². The third-order valence-electron chi connectivity index (χ3n) is 4.25. The summed E-state index contributed by atoms with van der Waals surface area (Å²) in [5.74, 6) is -1.16. The first-order valence-electron chi connectivity index (χ1n) is 8.33. The van der Waals surface area contributed by atoms with Gasteiger partial charge in [-0.2, -0.15) is 0 Å². The molecule has 0 saturated carbocycles. The first-order valence-corrected chi connectivity index (χ1v) is 10.1. The van der Waals surface area contributed by atoms with Crippen LogP contribution in [-0.2, 0) is 0 Å². The van der Waals surface area contributed by atoms with E-state index in [1.54, 1.807) is 12.1 Å². The second kappa shape index (κ2) is 9.11. The van der Waals surface area contributed by atoms with Crippen LogP contribution in [-0.4, -0.2) is 21.2 Å². The van der Waals surface area contributed by atoms with Gasteiger partial charge in [-0.15, -0.1) is 0 Å². The standard InChI is InChI=1S/C22H14Cl4O2/c23-21(24)19(27)17-11-5-10-16(18(17)20(28)22(25)26)15-9-4-8-14(12-15)13-6-2-1-3-7-13/h1-12,21-22H. The summed E-state index contributed by atoms with van der Waals surface area (Å²) in [6.07, 6.45) is 0. The summed E-state index contributed by atoms with van der Waals surface area (Å²) in [5, 5.41) is 0. The van der Waals surface area contributed by atoms with Gasteiger partial charge < -0.3 is 0 Å². The molecule has 0 N–H and O–H groups in total. The molecule has 0 radical (unpaired) electrons. The van der Waals surface area contributed by atoms with Gasteiger partial charge in [0, 0.05) is 11.1 Å². The highest BCUT2D eigenvalue weighted by Gasteiger charge is 2.27. The van der Waals surface area contributed by atoms with E-state index in [1.807, 2.05) is 54.6 Å². The monoisotopic (exact) mass is 450 g/mol. The SMILES string of the molecule is O=C(c1cccc(-c2cccc(-c3ccccc3)c2)c1C(=O)C(Cl)Cl)C(Cl)Cl. The van der Waals surface area contributed by atoms with Crippen LogP contribution in [0.5, 0.6) is 0 Å². The zero-order chi connectivity index (χ0) is 20.3. The molecule has 0 bridgehead atoms. The van der Waals surface area contributed by atoms with Crippen LogP contribution in [0.25, 0.3) is 22.3 Å². The molecule has 0 aliphatic heterocycles. The van der Waals surface area contributed by atoms with Crippen molar-refractivity contribution in [1.82, 2.24) is 0 Å². The number of halogens is 4. The summed E-state index contributed by atoms with van der Waals surface area (Å²) in [4.78, 5) is 22.6. The molecule has 28 heavy (non-hydrogen) atoms. The summed E-state index contributed by atoms with van der Waals surface area (Å²) in [7, 11) is 0. The molecule has 0 aliphatic carbocycles. The lowest BCUT2D eigenvalue weighted by atomic mass is 9.90. The van der Waals surface area contributed by atoms with Crippen LogP contribution in [0.3, 0.4) is 0 Å². The van der Waals surface area contributed by atoms with Crippen LogP contribution >= 0.6 is 46.4 Å². The van der Waals surface area contributed by atoms with E-state index in [0.717, 1.165) is 16.7 Å². The van der Waals surface area contributed by atoms with Crippen molar-refractivity contribution in [3.8, 4) is 22.3 Å². The van der Waals surface area contributed by atoms with Crippen molar-refractivity contribution in [2.75, 3.05) is 0 Å². The number of hydrogen-bond donors (Lipinski definition) is 0. The van der Waals surface area contributed by atoms with Gasteiger partial charge in [-0.05, 0) is 28.3 Å². The Balaban J connectivity index is 2.21. The number of alkyl halides is 4. The highest BCUT2D eigenvalue weighted by atomic mass is 35.5. The zero-order valence-corrected chi connectivity index (χ0v) is 17.4. The molecule has 3 rings (SSSR count). The third kappa shape index (κ3) is 4.42. The average Bonchev–Trinajstić information content (AvgIpc) is 2.72. The van der Waals surface area contributed by atoms with Crippen LogP contribution < -0.4 is 0 Å². The number of hydrogen-bond acceptors (Lipinski definition) is 2. The van der Waals surface area contributed by atoms with E-state index < -0.39 is 21.2 Å². The number of benzene rings is 3. The lowest BCUT2D eigenvalue weighted by Gasteiger charge is -2.15. The molecule has 0 spiro atoms. The van der Waals surface area contributed by atoms with Gasteiger partial charge in [0.05, 0.1) is 0 Å². The Morgan fingerprint density at radius 2 is 1.18 bits per heavy atom. The van der Waals surface area contributed by atoms with Gasteiger partial charge in [-0.25, -0.2) is 0 Å². The highest BCUT2D eigenvalue weighted by molar-refractivity contribution is 6.57. The first-order chi connectivity index (χ1) is 13.4. The molecule has 0 aliphatic rings. The molecule has 3 aromatic carbocycles. The van der Waals surface area contributed by atoms with Crippen molar-refractivity contribution < 1.29 is 9.59 Å². The van der Waals surface area contributed by atoms with Gasteiger partial charge in [-0.1, -0.05) is 113 Å². The molecule has 0 saturated heterocycles. The van der Waals surface area contributed by atoms with Gasteiger partial charge in [0.1, 0.15) is 0 Å². The Labute approximate surface area is 183 Å². The van der Waals surface area contributed by atoms with Crippen LogP contribution in [0.4, 0.5) is 0 Å². The number of ketones is 2. The molecule has 2 nitrogen and oxygen atoms in total. The maximum atomic E-state index is 12.7. The van der Waals surface area contributed by atoms with Crippen LogP contribution in [0.2, 0.25) is 0 Å². The second-order valence-corrected chi connectivity index (χ2v) is 8.20. The molecular weight excluding hydrogens is 438 g/mol. The summed E-state index contributed by atoms with van der Waals surface area (Å²) in [5.41, 5.74) is 3.48. The highest BCUT2D eigenvalue weighted by Crippen LogP contribution is 2.33. The van der Waals surface area contributed by atoms with Gasteiger partial charge in [0.2, 0.25) is 0 Å². The minimum absolute atomic E-state index is 0.0916. The predicted molar refractivity (Wildman–Crippen MR) is 117 cm³/mol. The second-order valence-electron chi connectivity index (χ2n) is 6.00. The fraction of sp³-hybridized carbons (Fsp3) is 0.0909. The fourth-order valence-corrected chi connectivity index (χ4v) is 3.44. The molecule has 0 amide bonds. The number of rotatable bonds is 6. The predicted octanol–water partition coefficient (Wildman–Crippen LogP) is 6.99. The van der Waals surface area contributed by atoms with E-state index in [9.17, 15) is 9.59 Å². The number of carbonyl (C=O) groups is 2. The molecule has 0 atom stereocenters. The summed E-state index contributed by atoms with van der Waals surface area (Å²) in [6.45, 7) is 0. The number of carbonyl (C=O) groups excluding carboxylic acids is 2. The normalized spacial score (nSPS) is 11.1. The Hall–Kier alpha value is -1.84. The van der Waals surface area contributed by atoms with Crippen molar-refractivity contribution in [3.63, 3.8) is 0 Å². The maximum absolute atomic E-state index is 12.7. The summed E-state index contributed by atoms with van der Waals surface area (Å²) < 4.78 is 0. The third-order valence-corrected chi connectivity index (χ3v) is 5.05. The van der Waals surface area contributed by atoms with Crippen molar-refractivity contribution in [2.24, 2.45) is 0 Å².